The van der Waals surface area contributed by atoms with Gasteiger partial charge in [-0.25, -0.2) is 0 Å². The number of fused-ring (bicyclic) bond motifs is 1. The summed E-state index contributed by atoms with van der Waals surface area (Å²) in [5.74, 6) is -0.347. The highest BCUT2D eigenvalue weighted by Crippen LogP contribution is 2.22. The van der Waals surface area contributed by atoms with Crippen LogP contribution >= 0.6 is 0 Å². The van der Waals surface area contributed by atoms with Crippen LogP contribution in [0.15, 0.2) is 6.20 Å². The Kier molecular flexibility index (Phi) is 2.75. The normalized spacial score (nSPS) is 19.5. The zero-order valence-corrected chi connectivity index (χ0v) is 9.58. The van der Waals surface area contributed by atoms with Gasteiger partial charge in [0.2, 0.25) is 0 Å². The van der Waals surface area contributed by atoms with E-state index < -0.39 is 21.1 Å². The quantitative estimate of drug-likeness (QED) is 0.411. The predicted octanol–water partition coefficient (Wildman–Crippen LogP) is -0.472. The summed E-state index contributed by atoms with van der Waals surface area (Å²) in [6.07, 6.45) is 1.40. The molecule has 0 aromatic carbocycles. The number of ether oxygens (including phenoxy) is 1. The molecule has 0 unspecified atom stereocenters. The van der Waals surface area contributed by atoms with Crippen LogP contribution < -0.4 is 4.74 Å². The fraction of sp³-hybridized carbons (Fsp3) is 0.571. The molecule has 1 aromatic rings. The van der Waals surface area contributed by atoms with Crippen molar-refractivity contribution in [3.8, 4) is 6.01 Å². The molecule has 2 heterocycles. The van der Waals surface area contributed by atoms with Gasteiger partial charge in [-0.3, -0.25) is 8.75 Å². The average Bonchev–Trinajstić information content (AvgIpc) is 2.57. The average molecular weight is 263 g/mol. The molecule has 0 N–H and O–H groups in total. The van der Waals surface area contributed by atoms with Crippen LogP contribution in [0.3, 0.4) is 0 Å². The van der Waals surface area contributed by atoms with Crippen LogP contribution in [0, 0.1) is 10.1 Å². The van der Waals surface area contributed by atoms with Gasteiger partial charge in [0.25, 0.3) is 10.1 Å². The molecule has 0 bridgehead atoms. The van der Waals surface area contributed by atoms with Crippen molar-refractivity contribution >= 4 is 15.9 Å². The van der Waals surface area contributed by atoms with Crippen LogP contribution in [-0.2, 0) is 20.8 Å². The monoisotopic (exact) mass is 263 g/mol. The van der Waals surface area contributed by atoms with Gasteiger partial charge in [0.05, 0.1) is 12.8 Å². The largest absolute Gasteiger partial charge is 0.443 e. The maximum absolute atomic E-state index is 10.9. The Bertz CT molecular complexity index is 550. The molecule has 0 saturated carbocycles. The minimum Gasteiger partial charge on any atom is -0.443 e. The van der Waals surface area contributed by atoms with Gasteiger partial charge in [0, 0.05) is 4.98 Å². The molecule has 0 aliphatic carbocycles. The van der Waals surface area contributed by atoms with Crippen LogP contribution in [0.1, 0.15) is 0 Å². The van der Waals surface area contributed by atoms with Gasteiger partial charge in [-0.1, -0.05) is 0 Å². The lowest BCUT2D eigenvalue weighted by Crippen LogP contribution is -2.33. The molecule has 1 aliphatic heterocycles. The molecular formula is C7H9N3O6S. The van der Waals surface area contributed by atoms with Gasteiger partial charge in [0.15, 0.2) is 0 Å². The van der Waals surface area contributed by atoms with Crippen LogP contribution in [-0.4, -0.2) is 41.9 Å². The molecule has 10 heteroatoms. The second-order valence-electron chi connectivity index (χ2n) is 3.52. The molecule has 0 spiro atoms. The smallest absolute Gasteiger partial charge is 0.414 e. The summed E-state index contributed by atoms with van der Waals surface area (Å²) >= 11 is 0. The summed E-state index contributed by atoms with van der Waals surface area (Å²) in [6, 6.07) is 0.0880. The molecule has 2 rings (SSSR count). The van der Waals surface area contributed by atoms with E-state index in [1.165, 1.54) is 10.8 Å². The molecule has 1 aliphatic rings. The number of hydrogen-bond acceptors (Lipinski definition) is 7. The fourth-order valence-electron chi connectivity index (χ4n) is 1.46. The van der Waals surface area contributed by atoms with Crippen molar-refractivity contribution in [1.29, 1.82) is 0 Å². The van der Waals surface area contributed by atoms with Crippen molar-refractivity contribution in [2.75, 3.05) is 12.9 Å². The molecular weight excluding hydrogens is 254 g/mol. The van der Waals surface area contributed by atoms with Crippen LogP contribution in [0.25, 0.3) is 0 Å². The Balaban J connectivity index is 2.16. The van der Waals surface area contributed by atoms with Gasteiger partial charge in [0.1, 0.15) is 18.9 Å². The molecule has 1 atom stereocenters. The minimum atomic E-state index is -3.58. The number of hydrogen-bond donors (Lipinski definition) is 0. The molecule has 17 heavy (non-hydrogen) atoms. The number of nitrogens with zero attached hydrogens (tertiary/aromatic N) is 3. The SMILES string of the molecule is CS(=O)(=O)O[C@H]1COc2nc([N+](=O)[O-])cn2C1. The molecule has 94 valence electrons. The number of imidazole rings is 1. The van der Waals surface area contributed by atoms with Gasteiger partial charge in [-0.2, -0.15) is 8.42 Å². The number of rotatable bonds is 3. The Hall–Kier alpha value is -1.68. The van der Waals surface area contributed by atoms with Crippen molar-refractivity contribution in [3.05, 3.63) is 16.3 Å². The van der Waals surface area contributed by atoms with E-state index in [2.05, 4.69) is 4.98 Å². The Morgan fingerprint density at radius 1 is 1.71 bits per heavy atom. The molecule has 9 nitrogen and oxygen atoms in total. The van der Waals surface area contributed by atoms with Gasteiger partial charge in [-0.15, -0.1) is 0 Å². The third kappa shape index (κ3) is 2.71. The lowest BCUT2D eigenvalue weighted by atomic mass is 10.3. The Morgan fingerprint density at radius 3 is 3.00 bits per heavy atom. The van der Waals surface area contributed by atoms with E-state index in [0.717, 1.165) is 6.26 Å². The summed E-state index contributed by atoms with van der Waals surface area (Å²) < 4.78 is 33.0. The first-order valence-electron chi connectivity index (χ1n) is 4.58. The van der Waals surface area contributed by atoms with Crippen molar-refractivity contribution in [2.24, 2.45) is 0 Å². The Labute approximate surface area is 96.2 Å². The van der Waals surface area contributed by atoms with E-state index >= 15 is 0 Å². The molecule has 0 fully saturated rings. The van der Waals surface area contributed by atoms with Crippen LogP contribution in [0.4, 0.5) is 5.82 Å². The van der Waals surface area contributed by atoms with Gasteiger partial charge < -0.3 is 14.9 Å². The van der Waals surface area contributed by atoms with Crippen molar-refractivity contribution in [3.63, 3.8) is 0 Å². The molecule has 1 aromatic heterocycles. The number of nitro groups is 1. The topological polar surface area (TPSA) is 114 Å². The summed E-state index contributed by atoms with van der Waals surface area (Å²) in [6.45, 7) is 0.129. The van der Waals surface area contributed by atoms with Gasteiger partial charge in [-0.05, 0) is 4.92 Å². The fourth-order valence-corrected chi connectivity index (χ4v) is 2.08. The number of aromatic nitrogens is 2. The highest BCUT2D eigenvalue weighted by Gasteiger charge is 2.29. The first kappa shape index (κ1) is 11.8. The first-order valence-corrected chi connectivity index (χ1v) is 6.39. The van der Waals surface area contributed by atoms with Crippen LogP contribution in [0.2, 0.25) is 0 Å². The first-order chi connectivity index (χ1) is 7.85. The molecule has 0 saturated heterocycles. The lowest BCUT2D eigenvalue weighted by molar-refractivity contribution is -0.389. The van der Waals surface area contributed by atoms with E-state index in [-0.39, 0.29) is 25.0 Å². The summed E-state index contributed by atoms with van der Waals surface area (Å²) in [5, 5.41) is 10.5. The summed E-state index contributed by atoms with van der Waals surface area (Å²) in [7, 11) is -3.58. The third-order valence-electron chi connectivity index (χ3n) is 2.02. The lowest BCUT2D eigenvalue weighted by Gasteiger charge is -2.20. The maximum atomic E-state index is 10.9. The van der Waals surface area contributed by atoms with Crippen molar-refractivity contribution < 1.29 is 22.3 Å². The van der Waals surface area contributed by atoms with E-state index in [1.54, 1.807) is 0 Å². The summed E-state index contributed by atoms with van der Waals surface area (Å²) in [4.78, 5) is 13.4. The second-order valence-corrected chi connectivity index (χ2v) is 5.13. The molecule has 0 amide bonds. The van der Waals surface area contributed by atoms with Crippen LogP contribution in [0.5, 0.6) is 6.01 Å². The van der Waals surface area contributed by atoms with Crippen molar-refractivity contribution in [1.82, 2.24) is 9.55 Å². The zero-order valence-electron chi connectivity index (χ0n) is 8.77. The summed E-state index contributed by atoms with van der Waals surface area (Å²) in [5.41, 5.74) is 0. The van der Waals surface area contributed by atoms with E-state index in [9.17, 15) is 18.5 Å². The third-order valence-corrected chi connectivity index (χ3v) is 2.65. The van der Waals surface area contributed by atoms with E-state index in [0.29, 0.717) is 0 Å². The maximum Gasteiger partial charge on any atom is 0.414 e. The standard InChI is InChI=1S/C7H9N3O6S/c1-17(13,14)16-5-2-9-3-6(10(11)12)8-7(9)15-4-5/h3,5H,2,4H2,1H3/t5-/m1/s1. The zero-order chi connectivity index (χ0) is 12.6. The second kappa shape index (κ2) is 3.96. The molecule has 0 radical (unpaired) electrons. The minimum absolute atomic E-state index is 0.0127. The highest BCUT2D eigenvalue weighted by atomic mass is 32.2. The Morgan fingerprint density at radius 2 is 2.41 bits per heavy atom. The van der Waals surface area contributed by atoms with E-state index in [1.807, 2.05) is 0 Å². The van der Waals surface area contributed by atoms with E-state index in [4.69, 9.17) is 8.92 Å². The van der Waals surface area contributed by atoms with Gasteiger partial charge >= 0.3 is 11.8 Å². The highest BCUT2D eigenvalue weighted by molar-refractivity contribution is 7.86. The van der Waals surface area contributed by atoms with Crippen molar-refractivity contribution in [2.45, 2.75) is 12.6 Å². The predicted molar refractivity (Wildman–Crippen MR) is 54.1 cm³/mol.